The molecule has 0 aromatic rings. The van der Waals surface area contributed by atoms with Crippen molar-refractivity contribution < 1.29 is 13.2 Å². The van der Waals surface area contributed by atoms with E-state index in [2.05, 4.69) is 0 Å². The molecule has 4 nitrogen and oxygen atoms in total. The fraction of sp³-hybridized carbons (Fsp3) is 0.900. The van der Waals surface area contributed by atoms with Gasteiger partial charge in [0, 0.05) is 18.9 Å². The Morgan fingerprint density at radius 3 is 2.13 bits per heavy atom. The Morgan fingerprint density at radius 1 is 1.20 bits per heavy atom. The summed E-state index contributed by atoms with van der Waals surface area (Å²) in [5, 5.41) is -0.404. The first-order valence-electron chi connectivity index (χ1n) is 5.24. The minimum atomic E-state index is -3.08. The average molecular weight is 235 g/mol. The highest BCUT2D eigenvalue weighted by Gasteiger charge is 2.17. The first-order valence-corrected chi connectivity index (χ1v) is 6.96. The average Bonchev–Trinajstić information content (AvgIpc) is 2.11. The molecule has 1 atom stereocenters. The maximum atomic E-state index is 11.4. The van der Waals surface area contributed by atoms with E-state index >= 15 is 0 Å². The molecule has 90 valence electrons. The summed E-state index contributed by atoms with van der Waals surface area (Å²) in [5.41, 5.74) is 5.50. The van der Waals surface area contributed by atoms with E-state index in [1.807, 2.05) is 6.92 Å². The number of carbonyl (C=O) groups is 1. The Bertz CT molecular complexity index is 294. The maximum absolute atomic E-state index is 11.4. The van der Waals surface area contributed by atoms with E-state index in [1.165, 1.54) is 0 Å². The molecule has 0 rings (SSSR count). The zero-order valence-corrected chi connectivity index (χ0v) is 10.5. The fourth-order valence-corrected chi connectivity index (χ4v) is 1.99. The molecular formula is C10H21NO3S. The van der Waals surface area contributed by atoms with Gasteiger partial charge in [0.2, 0.25) is 0 Å². The molecule has 0 aliphatic rings. The molecule has 0 bridgehead atoms. The van der Waals surface area contributed by atoms with Crippen LogP contribution in [-0.4, -0.2) is 31.2 Å². The van der Waals surface area contributed by atoms with E-state index in [-0.39, 0.29) is 24.0 Å². The van der Waals surface area contributed by atoms with E-state index in [1.54, 1.807) is 13.8 Å². The van der Waals surface area contributed by atoms with Crippen LogP contribution in [0.5, 0.6) is 0 Å². The van der Waals surface area contributed by atoms with Crippen LogP contribution in [0.2, 0.25) is 0 Å². The summed E-state index contributed by atoms with van der Waals surface area (Å²) in [6.45, 7) is 5.08. The largest absolute Gasteiger partial charge is 0.328 e. The van der Waals surface area contributed by atoms with Gasteiger partial charge in [-0.25, -0.2) is 8.42 Å². The molecule has 0 fully saturated rings. The Morgan fingerprint density at radius 2 is 1.73 bits per heavy atom. The van der Waals surface area contributed by atoms with Gasteiger partial charge in [-0.15, -0.1) is 0 Å². The number of carbonyl (C=O) groups excluding carboxylic acids is 1. The SMILES string of the molecule is CC(N)CCC(=O)CCS(=O)(=O)C(C)C. The van der Waals surface area contributed by atoms with Gasteiger partial charge < -0.3 is 5.73 Å². The number of rotatable bonds is 7. The van der Waals surface area contributed by atoms with Crippen molar-refractivity contribution >= 4 is 15.6 Å². The molecule has 0 aromatic carbocycles. The lowest BCUT2D eigenvalue weighted by Crippen LogP contribution is -2.21. The monoisotopic (exact) mass is 235 g/mol. The number of ketones is 1. The highest BCUT2D eigenvalue weighted by atomic mass is 32.2. The quantitative estimate of drug-likeness (QED) is 0.711. The van der Waals surface area contributed by atoms with Crippen molar-refractivity contribution in [1.29, 1.82) is 0 Å². The molecule has 15 heavy (non-hydrogen) atoms. The van der Waals surface area contributed by atoms with E-state index in [0.717, 1.165) is 0 Å². The van der Waals surface area contributed by atoms with Crippen LogP contribution in [0.3, 0.4) is 0 Å². The minimum absolute atomic E-state index is 0.00402. The second-order valence-corrected chi connectivity index (χ2v) is 6.90. The number of nitrogens with two attached hydrogens (primary N) is 1. The highest BCUT2D eigenvalue weighted by Crippen LogP contribution is 2.05. The molecule has 0 aliphatic carbocycles. The zero-order valence-electron chi connectivity index (χ0n) is 9.69. The van der Waals surface area contributed by atoms with Gasteiger partial charge in [0.15, 0.2) is 9.84 Å². The van der Waals surface area contributed by atoms with Gasteiger partial charge in [-0.1, -0.05) is 0 Å². The second-order valence-electron chi connectivity index (χ2n) is 4.22. The van der Waals surface area contributed by atoms with Crippen LogP contribution in [0.25, 0.3) is 0 Å². The van der Waals surface area contributed by atoms with Crippen LogP contribution < -0.4 is 5.73 Å². The van der Waals surface area contributed by atoms with Gasteiger partial charge in [0.05, 0.1) is 11.0 Å². The van der Waals surface area contributed by atoms with Crippen molar-refractivity contribution in [2.45, 2.75) is 51.3 Å². The topological polar surface area (TPSA) is 77.2 Å². The molecule has 0 saturated carbocycles. The smallest absolute Gasteiger partial charge is 0.153 e. The molecular weight excluding hydrogens is 214 g/mol. The molecule has 1 unspecified atom stereocenters. The minimum Gasteiger partial charge on any atom is -0.328 e. The Labute approximate surface area is 92.2 Å². The van der Waals surface area contributed by atoms with Crippen molar-refractivity contribution in [1.82, 2.24) is 0 Å². The van der Waals surface area contributed by atoms with Gasteiger partial charge >= 0.3 is 0 Å². The lowest BCUT2D eigenvalue weighted by molar-refractivity contribution is -0.118. The molecule has 2 N–H and O–H groups in total. The van der Waals surface area contributed by atoms with Crippen LogP contribution in [0, 0.1) is 0 Å². The van der Waals surface area contributed by atoms with Crippen molar-refractivity contribution in [3.05, 3.63) is 0 Å². The number of hydrogen-bond acceptors (Lipinski definition) is 4. The van der Waals surface area contributed by atoms with Crippen LogP contribution in [0.1, 0.15) is 40.0 Å². The molecule has 0 aromatic heterocycles. The molecule has 0 radical (unpaired) electrons. The fourth-order valence-electron chi connectivity index (χ4n) is 1.01. The van der Waals surface area contributed by atoms with Crippen LogP contribution in [0.4, 0.5) is 0 Å². The first kappa shape index (κ1) is 14.6. The summed E-state index contributed by atoms with van der Waals surface area (Å²) in [6, 6.07) is -0.00402. The summed E-state index contributed by atoms with van der Waals surface area (Å²) in [5.74, 6) is -0.0563. The van der Waals surface area contributed by atoms with Crippen molar-refractivity contribution in [3.63, 3.8) is 0 Å². The lowest BCUT2D eigenvalue weighted by atomic mass is 10.1. The predicted molar refractivity (Wildman–Crippen MR) is 61.4 cm³/mol. The number of hydrogen-bond donors (Lipinski definition) is 1. The van der Waals surface area contributed by atoms with E-state index in [9.17, 15) is 13.2 Å². The van der Waals surface area contributed by atoms with Crippen molar-refractivity contribution in [2.75, 3.05) is 5.75 Å². The molecule has 0 heterocycles. The maximum Gasteiger partial charge on any atom is 0.153 e. The highest BCUT2D eigenvalue weighted by molar-refractivity contribution is 7.91. The number of sulfone groups is 1. The van der Waals surface area contributed by atoms with Gasteiger partial charge in [0.25, 0.3) is 0 Å². The Hall–Kier alpha value is -0.420. The van der Waals surface area contributed by atoms with Gasteiger partial charge in [-0.2, -0.15) is 0 Å². The molecule has 0 aliphatic heterocycles. The molecule has 0 spiro atoms. The lowest BCUT2D eigenvalue weighted by Gasteiger charge is -2.07. The van der Waals surface area contributed by atoms with E-state index in [0.29, 0.717) is 12.8 Å². The number of Topliss-reactive ketones (excluding diaryl/α,β-unsaturated/α-hetero) is 1. The third-order valence-corrected chi connectivity index (χ3v) is 4.47. The predicted octanol–water partition coefficient (Wildman–Crippen LogP) is 0.896. The molecule has 0 saturated heterocycles. The summed E-state index contributed by atoms with van der Waals surface area (Å²) in [6.07, 6.45) is 1.12. The van der Waals surface area contributed by atoms with E-state index < -0.39 is 15.1 Å². The summed E-state index contributed by atoms with van der Waals surface area (Å²) in [7, 11) is -3.08. The van der Waals surface area contributed by atoms with Gasteiger partial charge in [-0.05, 0) is 27.2 Å². The molecule has 0 amide bonds. The zero-order chi connectivity index (χ0) is 12.1. The standard InChI is InChI=1S/C10H21NO3S/c1-8(2)15(13,14)7-6-10(12)5-4-9(3)11/h8-9H,4-7,11H2,1-3H3. The second kappa shape index (κ2) is 6.23. The van der Waals surface area contributed by atoms with Crippen LogP contribution in [0.15, 0.2) is 0 Å². The first-order chi connectivity index (χ1) is 6.75. The third-order valence-electron chi connectivity index (χ3n) is 2.26. The summed E-state index contributed by atoms with van der Waals surface area (Å²) in [4.78, 5) is 11.3. The Balaban J connectivity index is 3.92. The van der Waals surface area contributed by atoms with Crippen LogP contribution >= 0.6 is 0 Å². The van der Waals surface area contributed by atoms with Gasteiger partial charge in [0.1, 0.15) is 5.78 Å². The van der Waals surface area contributed by atoms with E-state index in [4.69, 9.17) is 5.73 Å². The molecule has 5 heteroatoms. The van der Waals surface area contributed by atoms with Crippen LogP contribution in [-0.2, 0) is 14.6 Å². The van der Waals surface area contributed by atoms with Crippen molar-refractivity contribution in [2.24, 2.45) is 5.73 Å². The third kappa shape index (κ3) is 6.62. The van der Waals surface area contributed by atoms with Crippen molar-refractivity contribution in [3.8, 4) is 0 Å². The van der Waals surface area contributed by atoms with Gasteiger partial charge in [-0.3, -0.25) is 4.79 Å². The summed E-state index contributed by atoms with van der Waals surface area (Å²) >= 11 is 0. The summed E-state index contributed by atoms with van der Waals surface area (Å²) < 4.78 is 22.8. The Kier molecular flexibility index (Phi) is 6.05. The normalized spacial score (nSPS) is 14.2.